The van der Waals surface area contributed by atoms with Crippen molar-refractivity contribution in [2.24, 2.45) is 5.73 Å². The number of carbonyl (C=O) groups is 3. The molecule has 0 unspecified atom stereocenters. The predicted molar refractivity (Wildman–Crippen MR) is 133 cm³/mol. The summed E-state index contributed by atoms with van der Waals surface area (Å²) >= 11 is 0. The van der Waals surface area contributed by atoms with Crippen LogP contribution in [0.2, 0.25) is 0 Å². The quantitative estimate of drug-likeness (QED) is 0.336. The SMILES string of the molecule is C[C@H](N)C(=O)Nc1ccc(C(=O)N[C@@H](CCc2ccccc2)C(=O)O)cc1OCc1ccccc1. The fourth-order valence-electron chi connectivity index (χ4n) is 3.32. The van der Waals surface area contributed by atoms with Crippen molar-refractivity contribution in [3.8, 4) is 5.75 Å². The summed E-state index contributed by atoms with van der Waals surface area (Å²) < 4.78 is 5.90. The van der Waals surface area contributed by atoms with Crippen LogP contribution in [0.15, 0.2) is 78.9 Å². The zero-order valence-electron chi connectivity index (χ0n) is 19.4. The van der Waals surface area contributed by atoms with Gasteiger partial charge in [0.2, 0.25) is 5.91 Å². The number of carboxylic acids is 1. The molecule has 3 aromatic carbocycles. The molecular weight excluding hydrogens is 446 g/mol. The van der Waals surface area contributed by atoms with Crippen molar-refractivity contribution in [3.05, 3.63) is 95.6 Å². The lowest BCUT2D eigenvalue weighted by Crippen LogP contribution is -2.41. The van der Waals surface area contributed by atoms with Crippen molar-refractivity contribution in [1.82, 2.24) is 5.32 Å². The molecule has 0 aromatic heterocycles. The first-order valence-corrected chi connectivity index (χ1v) is 11.3. The maximum absolute atomic E-state index is 12.9. The van der Waals surface area contributed by atoms with E-state index in [1.54, 1.807) is 6.92 Å². The Morgan fingerprint density at radius 2 is 1.57 bits per heavy atom. The number of nitrogens with one attached hydrogen (secondary N) is 2. The second-order valence-corrected chi connectivity index (χ2v) is 8.15. The molecule has 0 saturated carbocycles. The minimum atomic E-state index is -1.12. The highest BCUT2D eigenvalue weighted by atomic mass is 16.5. The van der Waals surface area contributed by atoms with Crippen LogP contribution in [0.25, 0.3) is 0 Å². The number of hydrogen-bond donors (Lipinski definition) is 4. The first-order valence-electron chi connectivity index (χ1n) is 11.3. The van der Waals surface area contributed by atoms with Crippen molar-refractivity contribution < 1.29 is 24.2 Å². The summed E-state index contributed by atoms with van der Waals surface area (Å²) in [6.45, 7) is 1.77. The molecule has 35 heavy (non-hydrogen) atoms. The topological polar surface area (TPSA) is 131 Å². The number of ether oxygens (including phenoxy) is 1. The smallest absolute Gasteiger partial charge is 0.326 e. The lowest BCUT2D eigenvalue weighted by molar-refractivity contribution is -0.139. The molecule has 0 saturated heterocycles. The van der Waals surface area contributed by atoms with E-state index in [4.69, 9.17) is 10.5 Å². The molecule has 2 atom stereocenters. The molecule has 0 spiro atoms. The third-order valence-electron chi connectivity index (χ3n) is 5.32. The van der Waals surface area contributed by atoms with Gasteiger partial charge in [-0.15, -0.1) is 0 Å². The lowest BCUT2D eigenvalue weighted by Gasteiger charge is -2.17. The first-order chi connectivity index (χ1) is 16.8. The third kappa shape index (κ3) is 7.68. The Labute approximate surface area is 204 Å². The molecule has 8 nitrogen and oxygen atoms in total. The van der Waals surface area contributed by atoms with Crippen molar-refractivity contribution in [1.29, 1.82) is 0 Å². The molecule has 3 rings (SSSR count). The van der Waals surface area contributed by atoms with E-state index in [9.17, 15) is 19.5 Å². The molecule has 3 aromatic rings. The molecule has 0 aliphatic rings. The van der Waals surface area contributed by atoms with Crippen LogP contribution in [0.3, 0.4) is 0 Å². The second kappa shape index (κ2) is 12.3. The van der Waals surface area contributed by atoms with Gasteiger partial charge in [-0.1, -0.05) is 60.7 Å². The Balaban J connectivity index is 1.76. The molecule has 182 valence electrons. The number of carboxylic acid groups (broad SMARTS) is 1. The number of anilines is 1. The van der Waals surface area contributed by atoms with Crippen LogP contribution < -0.4 is 21.1 Å². The van der Waals surface area contributed by atoms with Crippen LogP contribution in [-0.4, -0.2) is 35.0 Å². The van der Waals surface area contributed by atoms with Crippen molar-refractivity contribution >= 4 is 23.5 Å². The first kappa shape index (κ1) is 25.5. The Bertz CT molecular complexity index is 1150. The van der Waals surface area contributed by atoms with Gasteiger partial charge >= 0.3 is 5.97 Å². The Morgan fingerprint density at radius 3 is 2.17 bits per heavy atom. The average Bonchev–Trinajstić information content (AvgIpc) is 2.86. The van der Waals surface area contributed by atoms with E-state index < -0.39 is 29.9 Å². The van der Waals surface area contributed by atoms with Gasteiger partial charge in [-0.05, 0) is 49.1 Å². The number of aliphatic carboxylic acids is 1. The highest BCUT2D eigenvalue weighted by Crippen LogP contribution is 2.27. The maximum atomic E-state index is 12.9. The molecule has 5 N–H and O–H groups in total. The number of amides is 2. The van der Waals surface area contributed by atoms with E-state index >= 15 is 0 Å². The van der Waals surface area contributed by atoms with Gasteiger partial charge in [0, 0.05) is 5.56 Å². The van der Waals surface area contributed by atoms with Crippen LogP contribution in [0.4, 0.5) is 5.69 Å². The van der Waals surface area contributed by atoms with Gasteiger partial charge < -0.3 is 26.2 Å². The van der Waals surface area contributed by atoms with Gasteiger partial charge in [-0.2, -0.15) is 0 Å². The number of hydrogen-bond acceptors (Lipinski definition) is 5. The molecule has 0 aliphatic carbocycles. The molecule has 0 bridgehead atoms. The van der Waals surface area contributed by atoms with Crippen LogP contribution in [0.5, 0.6) is 5.75 Å². The van der Waals surface area contributed by atoms with Crippen molar-refractivity contribution in [3.63, 3.8) is 0 Å². The maximum Gasteiger partial charge on any atom is 0.326 e. The number of carbonyl (C=O) groups excluding carboxylic acids is 2. The van der Waals surface area contributed by atoms with Gasteiger partial charge in [-0.25, -0.2) is 4.79 Å². The monoisotopic (exact) mass is 475 g/mol. The number of rotatable bonds is 11. The lowest BCUT2D eigenvalue weighted by atomic mass is 10.0. The average molecular weight is 476 g/mol. The van der Waals surface area contributed by atoms with E-state index in [1.807, 2.05) is 60.7 Å². The molecule has 0 aliphatic heterocycles. The van der Waals surface area contributed by atoms with E-state index in [0.29, 0.717) is 12.1 Å². The zero-order chi connectivity index (χ0) is 25.2. The summed E-state index contributed by atoms with van der Waals surface area (Å²) in [6.07, 6.45) is 0.747. The minimum Gasteiger partial charge on any atom is -0.487 e. The minimum absolute atomic E-state index is 0.206. The molecule has 0 heterocycles. The normalized spacial score (nSPS) is 12.3. The van der Waals surface area contributed by atoms with E-state index in [1.165, 1.54) is 18.2 Å². The van der Waals surface area contributed by atoms with Crippen molar-refractivity contribution in [2.75, 3.05) is 5.32 Å². The fraction of sp³-hybridized carbons (Fsp3) is 0.222. The summed E-state index contributed by atoms with van der Waals surface area (Å²) in [7, 11) is 0. The van der Waals surface area contributed by atoms with Crippen LogP contribution in [-0.2, 0) is 22.6 Å². The summed E-state index contributed by atoms with van der Waals surface area (Å²) in [5.41, 5.74) is 8.11. The van der Waals surface area contributed by atoms with Gasteiger partial charge in [-0.3, -0.25) is 9.59 Å². The standard InChI is InChI=1S/C27H29N3O5/c1-18(28)25(31)29-22-15-13-21(16-24(22)35-17-20-10-6-3-7-11-20)26(32)30-23(27(33)34)14-12-19-8-4-2-5-9-19/h2-11,13,15-16,18,23H,12,14,17,28H2,1H3,(H,29,31)(H,30,32)(H,33,34)/t18-,23-/m0/s1. The Morgan fingerprint density at radius 1 is 0.943 bits per heavy atom. The van der Waals surface area contributed by atoms with Gasteiger partial charge in [0.15, 0.2) is 0 Å². The van der Waals surface area contributed by atoms with E-state index in [-0.39, 0.29) is 24.3 Å². The largest absolute Gasteiger partial charge is 0.487 e. The molecule has 0 radical (unpaired) electrons. The third-order valence-corrected chi connectivity index (χ3v) is 5.32. The Hall–Kier alpha value is -4.17. The highest BCUT2D eigenvalue weighted by Gasteiger charge is 2.22. The van der Waals surface area contributed by atoms with Crippen LogP contribution >= 0.6 is 0 Å². The number of nitrogens with two attached hydrogens (primary N) is 1. The summed E-state index contributed by atoms with van der Waals surface area (Å²) in [5.74, 6) is -1.80. The van der Waals surface area contributed by atoms with Crippen molar-refractivity contribution in [2.45, 2.75) is 38.5 Å². The van der Waals surface area contributed by atoms with Gasteiger partial charge in [0.1, 0.15) is 18.4 Å². The number of aryl methyl sites for hydroxylation is 1. The molecule has 2 amide bonds. The highest BCUT2D eigenvalue weighted by molar-refractivity contribution is 5.99. The van der Waals surface area contributed by atoms with Crippen LogP contribution in [0, 0.1) is 0 Å². The summed E-state index contributed by atoms with van der Waals surface area (Å²) in [5, 5.41) is 14.9. The summed E-state index contributed by atoms with van der Waals surface area (Å²) in [6, 6.07) is 21.6. The van der Waals surface area contributed by atoms with E-state index in [2.05, 4.69) is 10.6 Å². The molecular formula is C27H29N3O5. The molecule has 0 fully saturated rings. The molecule has 8 heteroatoms. The summed E-state index contributed by atoms with van der Waals surface area (Å²) in [4.78, 5) is 36.8. The van der Waals surface area contributed by atoms with E-state index in [0.717, 1.165) is 11.1 Å². The predicted octanol–water partition coefficient (Wildman–Crippen LogP) is 3.37. The fourth-order valence-corrected chi connectivity index (χ4v) is 3.32. The zero-order valence-corrected chi connectivity index (χ0v) is 19.4. The van der Waals surface area contributed by atoms with Crippen LogP contribution in [0.1, 0.15) is 34.8 Å². The number of benzene rings is 3. The second-order valence-electron chi connectivity index (χ2n) is 8.15. The van der Waals surface area contributed by atoms with Gasteiger partial charge in [0.25, 0.3) is 5.91 Å². The van der Waals surface area contributed by atoms with Gasteiger partial charge in [0.05, 0.1) is 11.7 Å². The Kier molecular flexibility index (Phi) is 8.97.